The predicted octanol–water partition coefficient (Wildman–Crippen LogP) is 20.5. The molecule has 0 bridgehead atoms. The van der Waals surface area contributed by atoms with Crippen molar-refractivity contribution in [3.63, 3.8) is 0 Å². The summed E-state index contributed by atoms with van der Waals surface area (Å²) in [6.07, 6.45) is 76.2. The van der Waals surface area contributed by atoms with E-state index in [0.29, 0.717) is 19.3 Å². The van der Waals surface area contributed by atoms with Crippen LogP contribution in [-0.4, -0.2) is 37.2 Å². The van der Waals surface area contributed by atoms with Crippen molar-refractivity contribution >= 4 is 17.9 Å². The number of carbonyl (C=O) groups excluding carboxylic acids is 3. The summed E-state index contributed by atoms with van der Waals surface area (Å²) in [7, 11) is 0. The summed E-state index contributed by atoms with van der Waals surface area (Å²) < 4.78 is 16.8. The van der Waals surface area contributed by atoms with Crippen LogP contribution in [0.15, 0.2) is 72.9 Å². The van der Waals surface area contributed by atoms with Crippen LogP contribution >= 0.6 is 0 Å². The molecule has 0 aliphatic carbocycles. The lowest BCUT2D eigenvalue weighted by Gasteiger charge is -2.18. The number of ether oxygens (including phenoxy) is 3. The van der Waals surface area contributed by atoms with Gasteiger partial charge < -0.3 is 14.2 Å². The van der Waals surface area contributed by atoms with E-state index < -0.39 is 6.10 Å². The molecule has 0 heterocycles. The van der Waals surface area contributed by atoms with E-state index in [1.165, 1.54) is 167 Å². The Morgan fingerprint density at radius 2 is 0.563 bits per heavy atom. The van der Waals surface area contributed by atoms with Crippen LogP contribution in [0.3, 0.4) is 0 Å². The maximum atomic E-state index is 12.9. The third kappa shape index (κ3) is 57.6. The van der Waals surface area contributed by atoms with Gasteiger partial charge in [0.2, 0.25) is 0 Å². The fraction of sp³-hybridized carbons (Fsp3) is 0.769. The summed E-state index contributed by atoms with van der Waals surface area (Å²) in [5.41, 5.74) is 0. The van der Waals surface area contributed by atoms with E-state index in [9.17, 15) is 14.4 Å². The van der Waals surface area contributed by atoms with Crippen LogP contribution in [-0.2, 0) is 28.6 Å². The molecular weight excluding hydrogens is 877 g/mol. The normalized spacial score (nSPS) is 12.5. The van der Waals surface area contributed by atoms with Gasteiger partial charge in [-0.15, -0.1) is 0 Å². The van der Waals surface area contributed by atoms with E-state index in [1.807, 2.05) is 0 Å². The summed E-state index contributed by atoms with van der Waals surface area (Å²) in [5.74, 6) is -0.967. The summed E-state index contributed by atoms with van der Waals surface area (Å²) in [6, 6.07) is 0. The Labute approximate surface area is 440 Å². The molecule has 0 spiro atoms. The fourth-order valence-electron chi connectivity index (χ4n) is 8.56. The number of hydrogen-bond acceptors (Lipinski definition) is 6. The number of hydrogen-bond donors (Lipinski definition) is 0. The highest BCUT2D eigenvalue weighted by molar-refractivity contribution is 5.71. The van der Waals surface area contributed by atoms with E-state index in [0.717, 1.165) is 89.9 Å². The van der Waals surface area contributed by atoms with Crippen molar-refractivity contribution in [1.82, 2.24) is 0 Å². The minimum atomic E-state index is -0.807. The Morgan fingerprint density at radius 3 is 0.944 bits per heavy atom. The zero-order chi connectivity index (χ0) is 51.4. The third-order valence-corrected chi connectivity index (χ3v) is 13.2. The lowest BCUT2D eigenvalue weighted by Crippen LogP contribution is -2.30. The number of unbranched alkanes of at least 4 members (excludes halogenated alkanes) is 33. The largest absolute Gasteiger partial charge is 0.462 e. The average Bonchev–Trinajstić information content (AvgIpc) is 3.37. The second-order valence-corrected chi connectivity index (χ2v) is 20.3. The van der Waals surface area contributed by atoms with E-state index in [2.05, 4.69) is 93.7 Å². The molecule has 0 aromatic heterocycles. The first-order valence-electron chi connectivity index (χ1n) is 30.5. The highest BCUT2D eigenvalue weighted by Crippen LogP contribution is 2.15. The summed E-state index contributed by atoms with van der Waals surface area (Å²) in [5, 5.41) is 0. The molecule has 71 heavy (non-hydrogen) atoms. The van der Waals surface area contributed by atoms with Gasteiger partial charge in [0.05, 0.1) is 0 Å². The molecule has 410 valence electrons. The Balaban J connectivity index is 4.48. The van der Waals surface area contributed by atoms with Crippen LogP contribution in [0.25, 0.3) is 0 Å². The summed E-state index contributed by atoms with van der Waals surface area (Å²) in [6.45, 7) is 6.59. The quantitative estimate of drug-likeness (QED) is 0.0199. The smallest absolute Gasteiger partial charge is 0.306 e. The van der Waals surface area contributed by atoms with Gasteiger partial charge in [0.25, 0.3) is 0 Å². The van der Waals surface area contributed by atoms with Gasteiger partial charge in [-0.2, -0.15) is 0 Å². The number of carbonyl (C=O) groups is 3. The van der Waals surface area contributed by atoms with E-state index >= 15 is 0 Å². The van der Waals surface area contributed by atoms with Crippen molar-refractivity contribution in [2.45, 2.75) is 309 Å². The summed E-state index contributed by atoms with van der Waals surface area (Å²) in [4.78, 5) is 38.2. The van der Waals surface area contributed by atoms with E-state index in [4.69, 9.17) is 14.2 Å². The zero-order valence-corrected chi connectivity index (χ0v) is 47.0. The Bertz CT molecular complexity index is 1320. The second kappa shape index (κ2) is 59.4. The molecule has 0 N–H and O–H groups in total. The molecule has 0 saturated carbocycles. The Morgan fingerprint density at radius 1 is 0.296 bits per heavy atom. The van der Waals surface area contributed by atoms with Crippen molar-refractivity contribution in [3.05, 3.63) is 72.9 Å². The summed E-state index contributed by atoms with van der Waals surface area (Å²) >= 11 is 0. The van der Waals surface area contributed by atoms with Gasteiger partial charge in [-0.05, 0) is 103 Å². The second-order valence-electron chi connectivity index (χ2n) is 20.3. The maximum absolute atomic E-state index is 12.9. The molecule has 0 amide bonds. The maximum Gasteiger partial charge on any atom is 0.306 e. The van der Waals surface area contributed by atoms with Crippen LogP contribution in [0, 0.1) is 0 Å². The van der Waals surface area contributed by atoms with Crippen LogP contribution < -0.4 is 0 Å². The lowest BCUT2D eigenvalue weighted by molar-refractivity contribution is -0.167. The first-order valence-corrected chi connectivity index (χ1v) is 30.5. The molecule has 0 aromatic carbocycles. The molecule has 1 atom stereocenters. The highest BCUT2D eigenvalue weighted by Gasteiger charge is 2.19. The van der Waals surface area contributed by atoms with Crippen molar-refractivity contribution in [3.8, 4) is 0 Å². The Kier molecular flexibility index (Phi) is 56.8. The number of esters is 3. The molecule has 0 aromatic rings. The molecule has 0 rings (SSSR count). The Hall–Kier alpha value is -3.15. The van der Waals surface area contributed by atoms with Gasteiger partial charge in [0.1, 0.15) is 13.2 Å². The van der Waals surface area contributed by atoms with Gasteiger partial charge >= 0.3 is 17.9 Å². The molecule has 6 nitrogen and oxygen atoms in total. The molecule has 0 saturated heterocycles. The molecular formula is C65H114O6. The van der Waals surface area contributed by atoms with Crippen molar-refractivity contribution in [2.24, 2.45) is 0 Å². The highest BCUT2D eigenvalue weighted by atomic mass is 16.6. The van der Waals surface area contributed by atoms with Gasteiger partial charge in [-0.25, -0.2) is 0 Å². The van der Waals surface area contributed by atoms with E-state index in [-0.39, 0.29) is 37.5 Å². The third-order valence-electron chi connectivity index (χ3n) is 13.2. The minimum Gasteiger partial charge on any atom is -0.462 e. The minimum absolute atomic E-state index is 0.102. The molecule has 0 radical (unpaired) electrons. The van der Waals surface area contributed by atoms with Crippen molar-refractivity contribution in [1.29, 1.82) is 0 Å². The SMILES string of the molecule is CCCCCCCC/C=C\C/C=C\C/C=C\CCCC(=O)OCC(COC(=O)CCCCCCC/C=C\C=C/CCCCCCCCC)OC(=O)CCCCCCC/C=C\CCCCCCCCCCC. The number of allylic oxidation sites excluding steroid dienone is 12. The molecule has 0 fully saturated rings. The molecule has 0 aliphatic rings. The van der Waals surface area contributed by atoms with Crippen molar-refractivity contribution < 1.29 is 28.6 Å². The molecule has 0 aliphatic heterocycles. The van der Waals surface area contributed by atoms with Gasteiger partial charge in [-0.3, -0.25) is 14.4 Å². The monoisotopic (exact) mass is 991 g/mol. The van der Waals surface area contributed by atoms with Crippen molar-refractivity contribution in [2.75, 3.05) is 13.2 Å². The fourth-order valence-corrected chi connectivity index (χ4v) is 8.56. The van der Waals surface area contributed by atoms with Gasteiger partial charge in [0, 0.05) is 19.3 Å². The van der Waals surface area contributed by atoms with Gasteiger partial charge in [0.15, 0.2) is 6.10 Å². The van der Waals surface area contributed by atoms with Gasteiger partial charge in [-0.1, -0.05) is 254 Å². The number of rotatable bonds is 55. The standard InChI is InChI=1S/C65H114O6/c1-4-7-10-13-16-19-22-25-28-31-34-37-40-43-46-49-52-55-58-64(67)70-61-62(60-69-63(66)57-54-51-48-45-42-39-36-33-30-27-24-21-18-15-12-9-6-3)71-65(68)59-56-53-50-47-44-41-38-35-32-29-26-23-20-17-14-11-8-5-2/h27-28,30-31,34-39,45,48,62H,4-26,29,32-33,40-44,46-47,49-61H2,1-3H3/b30-27-,31-28-,37-34-,38-35-,39-36-,48-45-. The van der Waals surface area contributed by atoms with Crippen LogP contribution in [0.4, 0.5) is 0 Å². The first-order chi connectivity index (χ1) is 35.0. The molecule has 1 unspecified atom stereocenters. The van der Waals surface area contributed by atoms with Crippen LogP contribution in [0.2, 0.25) is 0 Å². The lowest BCUT2D eigenvalue weighted by atomic mass is 10.1. The predicted molar refractivity (Wildman–Crippen MR) is 307 cm³/mol. The van der Waals surface area contributed by atoms with Crippen LogP contribution in [0.1, 0.15) is 303 Å². The first kappa shape index (κ1) is 67.8. The van der Waals surface area contributed by atoms with Crippen LogP contribution in [0.5, 0.6) is 0 Å². The zero-order valence-electron chi connectivity index (χ0n) is 47.0. The topological polar surface area (TPSA) is 78.9 Å². The average molecular weight is 992 g/mol. The molecule has 6 heteroatoms. The van der Waals surface area contributed by atoms with E-state index in [1.54, 1.807) is 0 Å².